The number of halogens is 2. The smallest absolute Gasteiger partial charge is 0.266 e. The molecule has 0 saturated carbocycles. The third kappa shape index (κ3) is 6.07. The molecule has 0 bridgehead atoms. The first-order valence-corrected chi connectivity index (χ1v) is 11.2. The van der Waals surface area contributed by atoms with Crippen molar-refractivity contribution in [3.63, 3.8) is 0 Å². The summed E-state index contributed by atoms with van der Waals surface area (Å²) in [5.74, 6) is -4.08. The predicted molar refractivity (Wildman–Crippen MR) is 135 cm³/mol. The summed E-state index contributed by atoms with van der Waals surface area (Å²) in [6.07, 6.45) is 2.94. The second kappa shape index (κ2) is 10.6. The van der Waals surface area contributed by atoms with E-state index in [1.165, 1.54) is 4.90 Å². The standard InChI is InChI=1S/C28H31F2N3O/c1-6-31-33(21(4)5)26(16-20(2)3)25-17-28(29,30)19-32(18-25)27(34)24-14-12-23(13-15-24)22-10-8-7-9-11-22/h6-16,25H,2,4,17-19H2,1,3,5H3/b26-16-,31-6-. The van der Waals surface area contributed by atoms with E-state index in [1.807, 2.05) is 42.5 Å². The zero-order chi connectivity index (χ0) is 24.9. The second-order valence-electron chi connectivity index (χ2n) is 8.72. The van der Waals surface area contributed by atoms with Crippen molar-refractivity contribution >= 4 is 12.1 Å². The van der Waals surface area contributed by atoms with Crippen molar-refractivity contribution in [3.8, 4) is 11.1 Å². The van der Waals surface area contributed by atoms with Crippen LogP contribution in [0, 0.1) is 5.92 Å². The minimum absolute atomic E-state index is 0.150. The SMILES string of the molecule is C=C(C)/C=C(/C1CN(C(=O)c2ccc(-c3ccccc3)cc2)CC(F)(F)C1)N(/N=C\C)C(=C)C. The largest absolute Gasteiger partial charge is 0.332 e. The Morgan fingerprint density at radius 3 is 2.26 bits per heavy atom. The Balaban J connectivity index is 1.90. The topological polar surface area (TPSA) is 35.9 Å². The summed E-state index contributed by atoms with van der Waals surface area (Å²) < 4.78 is 29.8. The summed E-state index contributed by atoms with van der Waals surface area (Å²) in [4.78, 5) is 14.5. The molecule has 0 N–H and O–H groups in total. The molecule has 1 fully saturated rings. The monoisotopic (exact) mass is 463 g/mol. The zero-order valence-corrected chi connectivity index (χ0v) is 20.0. The molecule has 0 aliphatic carbocycles. The van der Waals surface area contributed by atoms with Gasteiger partial charge in [0.15, 0.2) is 0 Å². The zero-order valence-electron chi connectivity index (χ0n) is 20.0. The molecule has 1 atom stereocenters. The summed E-state index contributed by atoms with van der Waals surface area (Å²) in [5.41, 5.74) is 4.21. The lowest BCUT2D eigenvalue weighted by Gasteiger charge is -2.40. The molecule has 2 aromatic carbocycles. The first-order valence-electron chi connectivity index (χ1n) is 11.2. The summed E-state index contributed by atoms with van der Waals surface area (Å²) in [5, 5.41) is 5.87. The van der Waals surface area contributed by atoms with Gasteiger partial charge in [0.05, 0.1) is 6.54 Å². The molecule has 6 heteroatoms. The number of likely N-dealkylation sites (tertiary alicyclic amines) is 1. The molecule has 34 heavy (non-hydrogen) atoms. The van der Waals surface area contributed by atoms with E-state index in [2.05, 4.69) is 18.3 Å². The average Bonchev–Trinajstić information content (AvgIpc) is 2.80. The highest BCUT2D eigenvalue weighted by Gasteiger charge is 2.44. The van der Waals surface area contributed by atoms with Gasteiger partial charge in [-0.05, 0) is 50.1 Å². The molecule has 178 valence electrons. The van der Waals surface area contributed by atoms with E-state index in [9.17, 15) is 13.6 Å². The van der Waals surface area contributed by atoms with Crippen molar-refractivity contribution in [2.45, 2.75) is 33.1 Å². The summed E-state index contributed by atoms with van der Waals surface area (Å²) >= 11 is 0. The molecule has 0 spiro atoms. The molecule has 3 rings (SSSR count). The van der Waals surface area contributed by atoms with Gasteiger partial charge in [-0.3, -0.25) is 4.79 Å². The second-order valence-corrected chi connectivity index (χ2v) is 8.72. The molecule has 1 aliphatic heterocycles. The lowest BCUT2D eigenvalue weighted by atomic mass is 9.90. The fraction of sp³-hybridized carbons (Fsp3) is 0.286. The van der Waals surface area contributed by atoms with Crippen LogP contribution in [0.2, 0.25) is 0 Å². The predicted octanol–water partition coefficient (Wildman–Crippen LogP) is 6.75. The van der Waals surface area contributed by atoms with Gasteiger partial charge in [0.2, 0.25) is 0 Å². The van der Waals surface area contributed by atoms with E-state index in [0.717, 1.165) is 11.1 Å². The number of benzene rings is 2. The summed E-state index contributed by atoms with van der Waals surface area (Å²) in [6, 6.07) is 16.8. The molecule has 1 heterocycles. The number of nitrogens with zero attached hydrogens (tertiary/aromatic N) is 3. The Bertz CT molecular complexity index is 1100. The van der Waals surface area contributed by atoms with E-state index in [0.29, 0.717) is 22.5 Å². The highest BCUT2D eigenvalue weighted by Crippen LogP contribution is 2.37. The van der Waals surface area contributed by atoms with E-state index in [-0.39, 0.29) is 13.0 Å². The Hall–Kier alpha value is -3.54. The molecule has 0 aromatic heterocycles. The molecule has 1 saturated heterocycles. The fourth-order valence-electron chi connectivity index (χ4n) is 4.18. The van der Waals surface area contributed by atoms with E-state index >= 15 is 0 Å². The molecule has 1 aliphatic rings. The molecule has 1 amide bonds. The Morgan fingerprint density at radius 1 is 1.09 bits per heavy atom. The molecular formula is C28H31F2N3O. The number of hydrogen-bond donors (Lipinski definition) is 0. The molecular weight excluding hydrogens is 432 g/mol. The molecule has 4 nitrogen and oxygen atoms in total. The van der Waals surface area contributed by atoms with Crippen LogP contribution in [-0.2, 0) is 0 Å². The number of alkyl halides is 2. The summed E-state index contributed by atoms with van der Waals surface area (Å²) in [7, 11) is 0. The van der Waals surface area contributed by atoms with Crippen LogP contribution in [0.4, 0.5) is 8.78 Å². The Labute approximate surface area is 200 Å². The molecule has 2 aromatic rings. The lowest BCUT2D eigenvalue weighted by Crippen LogP contribution is -2.51. The minimum Gasteiger partial charge on any atom is -0.332 e. The van der Waals surface area contributed by atoms with Crippen molar-refractivity contribution in [1.82, 2.24) is 9.91 Å². The van der Waals surface area contributed by atoms with Crippen LogP contribution in [0.1, 0.15) is 37.6 Å². The van der Waals surface area contributed by atoms with E-state index < -0.39 is 24.3 Å². The first kappa shape index (κ1) is 25.1. The van der Waals surface area contributed by atoms with Crippen LogP contribution < -0.4 is 0 Å². The van der Waals surface area contributed by atoms with Gasteiger partial charge in [0.1, 0.15) is 0 Å². The number of rotatable bonds is 7. The number of hydrazone groups is 1. The van der Waals surface area contributed by atoms with Gasteiger partial charge >= 0.3 is 0 Å². The lowest BCUT2D eigenvalue weighted by molar-refractivity contribution is -0.0724. The van der Waals surface area contributed by atoms with Crippen LogP contribution in [-0.4, -0.2) is 41.0 Å². The van der Waals surface area contributed by atoms with Crippen LogP contribution in [0.3, 0.4) is 0 Å². The quantitative estimate of drug-likeness (QED) is 0.259. The molecule has 1 unspecified atom stereocenters. The fourth-order valence-corrected chi connectivity index (χ4v) is 4.18. The van der Waals surface area contributed by atoms with Crippen molar-refractivity contribution in [3.05, 3.63) is 96.4 Å². The average molecular weight is 464 g/mol. The van der Waals surface area contributed by atoms with Crippen molar-refractivity contribution in [1.29, 1.82) is 0 Å². The highest BCUT2D eigenvalue weighted by molar-refractivity contribution is 5.95. The van der Waals surface area contributed by atoms with Gasteiger partial charge in [0.25, 0.3) is 11.8 Å². The summed E-state index contributed by atoms with van der Waals surface area (Å²) in [6.45, 7) is 12.7. The number of hydrogen-bond acceptors (Lipinski definition) is 3. The van der Waals surface area contributed by atoms with Gasteiger partial charge in [-0.15, -0.1) is 0 Å². The van der Waals surface area contributed by atoms with Crippen molar-refractivity contribution < 1.29 is 13.6 Å². The Kier molecular flexibility index (Phi) is 7.82. The van der Waals surface area contributed by atoms with Gasteiger partial charge in [0, 0.05) is 42.1 Å². The van der Waals surface area contributed by atoms with Crippen molar-refractivity contribution in [2.75, 3.05) is 13.1 Å². The number of allylic oxidation sites excluding steroid dienone is 3. The van der Waals surface area contributed by atoms with Gasteiger partial charge in [-0.25, -0.2) is 13.8 Å². The normalized spacial score (nSPS) is 18.1. The van der Waals surface area contributed by atoms with Gasteiger partial charge in [-0.1, -0.05) is 61.2 Å². The Morgan fingerprint density at radius 2 is 1.71 bits per heavy atom. The highest BCUT2D eigenvalue weighted by atomic mass is 19.3. The first-order chi connectivity index (χ1) is 16.1. The van der Waals surface area contributed by atoms with E-state index in [4.69, 9.17) is 0 Å². The third-order valence-corrected chi connectivity index (χ3v) is 5.58. The third-order valence-electron chi connectivity index (χ3n) is 5.58. The van der Waals surface area contributed by atoms with Crippen LogP contribution in [0.5, 0.6) is 0 Å². The van der Waals surface area contributed by atoms with Crippen molar-refractivity contribution in [2.24, 2.45) is 11.0 Å². The minimum atomic E-state index is -3.03. The van der Waals surface area contributed by atoms with E-state index in [1.54, 1.807) is 50.2 Å². The number of carbonyl (C=O) groups is 1. The number of piperidine rings is 1. The van der Waals surface area contributed by atoms with Gasteiger partial charge < -0.3 is 4.90 Å². The maximum absolute atomic E-state index is 14.9. The number of carbonyl (C=O) groups excluding carboxylic acids is 1. The maximum Gasteiger partial charge on any atom is 0.266 e. The van der Waals surface area contributed by atoms with Gasteiger partial charge in [-0.2, -0.15) is 5.10 Å². The maximum atomic E-state index is 14.9. The number of amides is 1. The molecule has 0 radical (unpaired) electrons. The van der Waals surface area contributed by atoms with Crippen LogP contribution in [0.15, 0.2) is 95.9 Å². The van der Waals surface area contributed by atoms with Crippen LogP contribution >= 0.6 is 0 Å². The van der Waals surface area contributed by atoms with Crippen LogP contribution in [0.25, 0.3) is 11.1 Å².